The molecule has 0 saturated carbocycles. The Labute approximate surface area is 223 Å². The van der Waals surface area contributed by atoms with Gasteiger partial charge in [0.2, 0.25) is 5.91 Å². The number of unbranched alkanes of at least 4 members (excludes halogenated alkanes) is 1. The Hall–Kier alpha value is -4.01. The van der Waals surface area contributed by atoms with Gasteiger partial charge in [0.1, 0.15) is 18.1 Å². The predicted octanol–water partition coefficient (Wildman–Crippen LogP) is 4.27. The number of halogens is 1. The molecule has 0 radical (unpaired) electrons. The molecule has 200 valence electrons. The van der Waals surface area contributed by atoms with Gasteiger partial charge in [0.15, 0.2) is 5.82 Å². The molecule has 8 nitrogen and oxygen atoms in total. The van der Waals surface area contributed by atoms with Crippen molar-refractivity contribution in [2.24, 2.45) is 0 Å². The van der Waals surface area contributed by atoms with E-state index < -0.39 is 0 Å². The van der Waals surface area contributed by atoms with Gasteiger partial charge in [-0.1, -0.05) is 13.3 Å². The number of hydrogen-bond donors (Lipinski definition) is 0. The lowest BCUT2D eigenvalue weighted by Crippen LogP contribution is -2.44. The summed E-state index contributed by atoms with van der Waals surface area (Å²) in [6.07, 6.45) is 2.55. The molecule has 1 aliphatic heterocycles. The van der Waals surface area contributed by atoms with Crippen molar-refractivity contribution in [3.8, 4) is 17.0 Å². The number of rotatable bonds is 9. The lowest BCUT2D eigenvalue weighted by Gasteiger charge is -2.27. The fourth-order valence-electron chi connectivity index (χ4n) is 4.45. The van der Waals surface area contributed by atoms with Gasteiger partial charge in [-0.25, -0.2) is 4.39 Å². The maximum Gasteiger partial charge on any atom is 0.254 e. The van der Waals surface area contributed by atoms with Crippen molar-refractivity contribution in [2.45, 2.75) is 26.2 Å². The number of nitrogens with zero attached hydrogens (tertiary/aromatic N) is 5. The molecular weight excluding hydrogens is 485 g/mol. The van der Waals surface area contributed by atoms with Gasteiger partial charge in [-0.2, -0.15) is 0 Å². The third kappa shape index (κ3) is 6.85. The minimum Gasteiger partial charge on any atom is -0.497 e. The van der Waals surface area contributed by atoms with E-state index in [2.05, 4.69) is 22.0 Å². The summed E-state index contributed by atoms with van der Waals surface area (Å²) in [5.41, 5.74) is 2.02. The largest absolute Gasteiger partial charge is 0.497 e. The van der Waals surface area contributed by atoms with Crippen LogP contribution >= 0.6 is 0 Å². The Balaban J connectivity index is 1.37. The molecule has 0 unspecified atom stereocenters. The van der Waals surface area contributed by atoms with Crippen LogP contribution in [0.1, 0.15) is 36.5 Å². The minimum absolute atomic E-state index is 0.0526. The maximum absolute atomic E-state index is 13.3. The molecule has 1 saturated heterocycles. The van der Waals surface area contributed by atoms with E-state index in [9.17, 15) is 14.0 Å². The van der Waals surface area contributed by atoms with Crippen molar-refractivity contribution in [1.82, 2.24) is 20.0 Å². The summed E-state index contributed by atoms with van der Waals surface area (Å²) >= 11 is 0. The van der Waals surface area contributed by atoms with Crippen LogP contribution in [0.4, 0.5) is 10.2 Å². The summed E-state index contributed by atoms with van der Waals surface area (Å²) in [6.45, 7) is 5.18. The number of benzene rings is 2. The highest BCUT2D eigenvalue weighted by atomic mass is 19.1. The number of methoxy groups -OCH3 is 1. The molecular formula is C29H34FN5O3. The molecule has 38 heavy (non-hydrogen) atoms. The molecule has 0 bridgehead atoms. The fourth-order valence-corrected chi connectivity index (χ4v) is 4.45. The summed E-state index contributed by atoms with van der Waals surface area (Å²) in [6, 6.07) is 16.9. The van der Waals surface area contributed by atoms with Gasteiger partial charge < -0.3 is 19.4 Å². The SMILES string of the molecule is CCCCN(CC(=O)N1CCCN(c2ccc(-c3ccc(F)cc3)nn2)CC1)C(=O)c1ccc(OC)cc1. The average molecular weight is 520 g/mol. The van der Waals surface area contributed by atoms with Crippen LogP contribution < -0.4 is 9.64 Å². The van der Waals surface area contributed by atoms with Crippen molar-refractivity contribution in [3.63, 3.8) is 0 Å². The summed E-state index contributed by atoms with van der Waals surface area (Å²) in [4.78, 5) is 32.1. The van der Waals surface area contributed by atoms with Crippen LogP contribution in [0.2, 0.25) is 0 Å². The van der Waals surface area contributed by atoms with Crippen LogP contribution in [0.3, 0.4) is 0 Å². The van der Waals surface area contributed by atoms with Crippen molar-refractivity contribution in [2.75, 3.05) is 51.3 Å². The van der Waals surface area contributed by atoms with Crippen LogP contribution in [0, 0.1) is 5.82 Å². The minimum atomic E-state index is -0.291. The van der Waals surface area contributed by atoms with Crippen LogP contribution in [0.15, 0.2) is 60.7 Å². The van der Waals surface area contributed by atoms with Gasteiger partial charge in [0.05, 0.1) is 12.8 Å². The van der Waals surface area contributed by atoms with Gasteiger partial charge in [-0.05, 0) is 73.5 Å². The Morgan fingerprint density at radius 3 is 2.37 bits per heavy atom. The zero-order valence-corrected chi connectivity index (χ0v) is 22.0. The zero-order chi connectivity index (χ0) is 26.9. The number of carbonyl (C=O) groups is 2. The first-order chi connectivity index (χ1) is 18.5. The quantitative estimate of drug-likeness (QED) is 0.420. The monoisotopic (exact) mass is 519 g/mol. The second-order valence-electron chi connectivity index (χ2n) is 9.31. The number of anilines is 1. The predicted molar refractivity (Wildman–Crippen MR) is 145 cm³/mol. The molecule has 1 fully saturated rings. The van der Waals surface area contributed by atoms with Crippen molar-refractivity contribution in [1.29, 1.82) is 0 Å². The zero-order valence-electron chi connectivity index (χ0n) is 22.0. The summed E-state index contributed by atoms with van der Waals surface area (Å²) < 4.78 is 18.4. The molecule has 3 aromatic rings. The molecule has 0 spiro atoms. The smallest absolute Gasteiger partial charge is 0.254 e. The fraction of sp³-hybridized carbons (Fsp3) is 0.379. The van der Waals surface area contributed by atoms with Crippen LogP contribution in [-0.4, -0.2) is 78.2 Å². The second-order valence-corrected chi connectivity index (χ2v) is 9.31. The molecule has 9 heteroatoms. The molecule has 2 aromatic carbocycles. The number of hydrogen-bond acceptors (Lipinski definition) is 6. The molecule has 1 aromatic heterocycles. The first-order valence-electron chi connectivity index (χ1n) is 13.0. The Morgan fingerprint density at radius 1 is 0.947 bits per heavy atom. The summed E-state index contributed by atoms with van der Waals surface area (Å²) in [5, 5.41) is 8.70. The van der Waals surface area contributed by atoms with E-state index in [4.69, 9.17) is 4.74 Å². The van der Waals surface area contributed by atoms with Crippen LogP contribution in [0.25, 0.3) is 11.3 Å². The van der Waals surface area contributed by atoms with E-state index in [1.165, 1.54) is 12.1 Å². The second kappa shape index (κ2) is 13.0. The standard InChI is InChI=1S/C29H34FN5O3/c1-3-4-16-35(29(37)23-8-12-25(38-2)13-9-23)21-28(36)34-18-5-17-33(19-20-34)27-15-14-26(31-32-27)22-6-10-24(30)11-7-22/h6-15H,3-5,16-21H2,1-2H3. The van der Waals surface area contributed by atoms with E-state index in [0.717, 1.165) is 37.2 Å². The van der Waals surface area contributed by atoms with Crippen LogP contribution in [0.5, 0.6) is 5.75 Å². The Bertz CT molecular complexity index is 1200. The highest BCUT2D eigenvalue weighted by molar-refractivity contribution is 5.96. The Morgan fingerprint density at radius 2 is 1.71 bits per heavy atom. The van der Waals surface area contributed by atoms with Crippen LogP contribution in [-0.2, 0) is 4.79 Å². The highest BCUT2D eigenvalue weighted by Crippen LogP contribution is 2.20. The van der Waals surface area contributed by atoms with Gasteiger partial charge in [0, 0.05) is 43.9 Å². The topological polar surface area (TPSA) is 78.9 Å². The maximum atomic E-state index is 13.3. The molecule has 4 rings (SSSR count). The van der Waals surface area contributed by atoms with Gasteiger partial charge >= 0.3 is 0 Å². The average Bonchev–Trinajstić information content (AvgIpc) is 3.22. The van der Waals surface area contributed by atoms with Gasteiger partial charge in [-0.15, -0.1) is 10.2 Å². The summed E-state index contributed by atoms with van der Waals surface area (Å²) in [5.74, 6) is 0.927. The lowest BCUT2D eigenvalue weighted by molar-refractivity contribution is -0.131. The Kier molecular flexibility index (Phi) is 9.24. The van der Waals surface area contributed by atoms with E-state index in [1.807, 2.05) is 17.0 Å². The molecule has 0 atom stereocenters. The molecule has 0 aliphatic carbocycles. The molecule has 1 aliphatic rings. The molecule has 2 heterocycles. The molecule has 2 amide bonds. The molecule has 0 N–H and O–H groups in total. The van der Waals surface area contributed by atoms with Crippen molar-refractivity contribution in [3.05, 3.63) is 72.0 Å². The normalized spacial score (nSPS) is 13.7. The third-order valence-electron chi connectivity index (χ3n) is 6.69. The van der Waals surface area contributed by atoms with Crippen molar-refractivity contribution >= 4 is 17.6 Å². The third-order valence-corrected chi connectivity index (χ3v) is 6.69. The highest BCUT2D eigenvalue weighted by Gasteiger charge is 2.24. The van der Waals surface area contributed by atoms with E-state index in [-0.39, 0.29) is 24.2 Å². The van der Waals surface area contributed by atoms with E-state index >= 15 is 0 Å². The van der Waals surface area contributed by atoms with Gasteiger partial charge in [-0.3, -0.25) is 9.59 Å². The van der Waals surface area contributed by atoms with E-state index in [1.54, 1.807) is 48.4 Å². The first kappa shape index (κ1) is 27.0. The van der Waals surface area contributed by atoms with Gasteiger partial charge in [0.25, 0.3) is 5.91 Å². The number of ether oxygens (including phenoxy) is 1. The first-order valence-corrected chi connectivity index (χ1v) is 13.0. The van der Waals surface area contributed by atoms with E-state index in [0.29, 0.717) is 43.2 Å². The van der Waals surface area contributed by atoms with Crippen molar-refractivity contribution < 1.29 is 18.7 Å². The summed E-state index contributed by atoms with van der Waals surface area (Å²) in [7, 11) is 1.58. The lowest BCUT2D eigenvalue weighted by atomic mass is 10.1. The number of amides is 2. The number of carbonyl (C=O) groups excluding carboxylic acids is 2. The number of aromatic nitrogens is 2.